The molecule has 0 atom stereocenters. The number of hydrogen-bond donors (Lipinski definition) is 2. The zero-order chi connectivity index (χ0) is 23.0. The Balaban J connectivity index is 1.67. The molecule has 3 aromatic rings. The number of rotatable bonds is 4. The average molecular weight is 430 g/mol. The van der Waals surface area contributed by atoms with Crippen LogP contribution in [0.15, 0.2) is 64.6 Å². The molecule has 8 nitrogen and oxygen atoms in total. The molecule has 160 valence electrons. The van der Waals surface area contributed by atoms with Crippen molar-refractivity contribution in [2.24, 2.45) is 0 Å². The molecule has 0 bridgehead atoms. The standard InChI is InChI=1S/C24H18N2O6/c1-13-6-7-17(10-14(13)2)26-22(28)19(21(27)25-24(26)31)12-18-8-9-20(32-18)15-4-3-5-16(11-15)23(29)30/h3-12H,1-2H3,(H,29,30)(H,25,27,31)/b19-12-. The highest BCUT2D eigenvalue weighted by molar-refractivity contribution is 6.39. The van der Waals surface area contributed by atoms with Gasteiger partial charge in [0, 0.05) is 5.56 Å². The summed E-state index contributed by atoms with van der Waals surface area (Å²) in [7, 11) is 0. The van der Waals surface area contributed by atoms with Gasteiger partial charge < -0.3 is 9.52 Å². The van der Waals surface area contributed by atoms with Crippen molar-refractivity contribution in [1.29, 1.82) is 0 Å². The van der Waals surface area contributed by atoms with Gasteiger partial charge in [-0.25, -0.2) is 14.5 Å². The highest BCUT2D eigenvalue weighted by Gasteiger charge is 2.37. The van der Waals surface area contributed by atoms with E-state index in [-0.39, 0.29) is 16.9 Å². The first-order valence-electron chi connectivity index (χ1n) is 9.67. The van der Waals surface area contributed by atoms with Gasteiger partial charge in [0.25, 0.3) is 11.8 Å². The van der Waals surface area contributed by atoms with Crippen LogP contribution in [0.4, 0.5) is 10.5 Å². The van der Waals surface area contributed by atoms with Crippen molar-refractivity contribution in [3.8, 4) is 11.3 Å². The molecule has 0 unspecified atom stereocenters. The Morgan fingerprint density at radius 3 is 2.50 bits per heavy atom. The summed E-state index contributed by atoms with van der Waals surface area (Å²) in [6.07, 6.45) is 1.25. The maximum absolute atomic E-state index is 13.0. The molecule has 4 amide bonds. The summed E-state index contributed by atoms with van der Waals surface area (Å²) < 4.78 is 5.70. The number of aryl methyl sites for hydroxylation is 2. The van der Waals surface area contributed by atoms with Crippen LogP contribution >= 0.6 is 0 Å². The van der Waals surface area contributed by atoms with E-state index in [1.165, 1.54) is 18.2 Å². The van der Waals surface area contributed by atoms with Gasteiger partial charge in [-0.2, -0.15) is 0 Å². The lowest BCUT2D eigenvalue weighted by Crippen LogP contribution is -2.54. The first-order chi connectivity index (χ1) is 15.2. The van der Waals surface area contributed by atoms with Crippen LogP contribution in [0.1, 0.15) is 27.2 Å². The molecule has 1 aliphatic heterocycles. The second kappa shape index (κ2) is 7.99. The van der Waals surface area contributed by atoms with Crippen LogP contribution in [0, 0.1) is 13.8 Å². The number of nitrogens with one attached hydrogen (secondary N) is 1. The lowest BCUT2D eigenvalue weighted by molar-refractivity contribution is -0.122. The number of carboxylic acids is 1. The SMILES string of the molecule is Cc1ccc(N2C(=O)NC(=O)/C(=C/c3ccc(-c4cccc(C(=O)O)c4)o3)C2=O)cc1C. The number of amides is 4. The summed E-state index contributed by atoms with van der Waals surface area (Å²) in [6.45, 7) is 3.77. The molecule has 0 radical (unpaired) electrons. The van der Waals surface area contributed by atoms with E-state index in [2.05, 4.69) is 5.32 Å². The summed E-state index contributed by atoms with van der Waals surface area (Å²) >= 11 is 0. The molecule has 1 aromatic heterocycles. The zero-order valence-electron chi connectivity index (χ0n) is 17.2. The third kappa shape index (κ3) is 3.81. The number of barbiturate groups is 1. The number of anilines is 1. The highest BCUT2D eigenvalue weighted by atomic mass is 16.4. The van der Waals surface area contributed by atoms with Gasteiger partial charge in [0.1, 0.15) is 17.1 Å². The van der Waals surface area contributed by atoms with Crippen molar-refractivity contribution >= 4 is 35.6 Å². The van der Waals surface area contributed by atoms with E-state index >= 15 is 0 Å². The fraction of sp³-hybridized carbons (Fsp3) is 0.0833. The predicted molar refractivity (Wildman–Crippen MR) is 116 cm³/mol. The maximum atomic E-state index is 13.0. The molecule has 0 aliphatic carbocycles. The molecule has 2 N–H and O–H groups in total. The van der Waals surface area contributed by atoms with Crippen molar-refractivity contribution in [1.82, 2.24) is 5.32 Å². The molecule has 32 heavy (non-hydrogen) atoms. The lowest BCUT2D eigenvalue weighted by atomic mass is 10.1. The van der Waals surface area contributed by atoms with E-state index in [1.807, 2.05) is 13.8 Å². The lowest BCUT2D eigenvalue weighted by Gasteiger charge is -2.26. The maximum Gasteiger partial charge on any atom is 0.335 e. The fourth-order valence-electron chi connectivity index (χ4n) is 3.29. The first-order valence-corrected chi connectivity index (χ1v) is 9.67. The third-order valence-electron chi connectivity index (χ3n) is 5.16. The minimum Gasteiger partial charge on any atom is -0.478 e. The van der Waals surface area contributed by atoms with Crippen LogP contribution in [-0.2, 0) is 9.59 Å². The Hall–Kier alpha value is -4.46. The van der Waals surface area contributed by atoms with Crippen molar-refractivity contribution < 1.29 is 28.7 Å². The molecule has 1 saturated heterocycles. The van der Waals surface area contributed by atoms with Gasteiger partial charge in [-0.3, -0.25) is 14.9 Å². The zero-order valence-corrected chi connectivity index (χ0v) is 17.2. The van der Waals surface area contributed by atoms with Gasteiger partial charge >= 0.3 is 12.0 Å². The molecular weight excluding hydrogens is 412 g/mol. The Labute approximate surface area is 182 Å². The average Bonchev–Trinajstić information content (AvgIpc) is 3.22. The first kappa shape index (κ1) is 20.8. The van der Waals surface area contributed by atoms with Gasteiger partial charge in [0.05, 0.1) is 11.3 Å². The normalized spacial score (nSPS) is 15.2. The molecule has 8 heteroatoms. The molecule has 1 fully saturated rings. The van der Waals surface area contributed by atoms with Gasteiger partial charge in [-0.15, -0.1) is 0 Å². The largest absolute Gasteiger partial charge is 0.478 e. The Bertz CT molecular complexity index is 1320. The molecule has 2 aromatic carbocycles. The highest BCUT2D eigenvalue weighted by Crippen LogP contribution is 2.27. The number of nitrogens with zero attached hydrogens (tertiary/aromatic N) is 1. The topological polar surface area (TPSA) is 117 Å². The monoisotopic (exact) mass is 430 g/mol. The van der Waals surface area contributed by atoms with Crippen molar-refractivity contribution in [2.75, 3.05) is 4.90 Å². The number of urea groups is 1. The fourth-order valence-corrected chi connectivity index (χ4v) is 3.29. The minimum absolute atomic E-state index is 0.100. The van der Waals surface area contributed by atoms with Crippen LogP contribution in [0.25, 0.3) is 17.4 Å². The minimum atomic E-state index is -1.07. The predicted octanol–water partition coefficient (Wildman–Crippen LogP) is 3.93. The number of imide groups is 2. The Morgan fingerprint density at radius 2 is 1.78 bits per heavy atom. The molecule has 4 rings (SSSR count). The van der Waals surface area contributed by atoms with Crippen LogP contribution in [0.2, 0.25) is 0 Å². The van der Waals surface area contributed by atoms with Crippen LogP contribution < -0.4 is 10.2 Å². The van der Waals surface area contributed by atoms with E-state index < -0.39 is 23.8 Å². The van der Waals surface area contributed by atoms with E-state index in [0.717, 1.165) is 16.0 Å². The van der Waals surface area contributed by atoms with Crippen molar-refractivity contribution in [3.05, 3.63) is 82.6 Å². The van der Waals surface area contributed by atoms with Gasteiger partial charge in [0.15, 0.2) is 0 Å². The Morgan fingerprint density at radius 1 is 1.00 bits per heavy atom. The number of carboxylic acid groups (broad SMARTS) is 1. The van der Waals surface area contributed by atoms with E-state index in [1.54, 1.807) is 42.5 Å². The molecule has 2 heterocycles. The van der Waals surface area contributed by atoms with Crippen LogP contribution in [0.3, 0.4) is 0 Å². The van der Waals surface area contributed by atoms with E-state index in [9.17, 15) is 19.2 Å². The number of furan rings is 1. The number of carbonyl (C=O) groups is 4. The molecule has 0 saturated carbocycles. The number of aromatic carboxylic acids is 1. The number of benzene rings is 2. The van der Waals surface area contributed by atoms with Gasteiger partial charge in [-0.1, -0.05) is 18.2 Å². The quantitative estimate of drug-likeness (QED) is 0.479. The third-order valence-corrected chi connectivity index (χ3v) is 5.16. The van der Waals surface area contributed by atoms with Gasteiger partial charge in [0.2, 0.25) is 0 Å². The van der Waals surface area contributed by atoms with Crippen LogP contribution in [0.5, 0.6) is 0 Å². The Kier molecular flexibility index (Phi) is 5.19. The van der Waals surface area contributed by atoms with E-state index in [4.69, 9.17) is 9.52 Å². The summed E-state index contributed by atoms with van der Waals surface area (Å²) in [5.41, 5.74) is 2.61. The van der Waals surface area contributed by atoms with Crippen molar-refractivity contribution in [2.45, 2.75) is 13.8 Å². The number of carbonyl (C=O) groups excluding carboxylic acids is 3. The van der Waals surface area contributed by atoms with Crippen molar-refractivity contribution in [3.63, 3.8) is 0 Å². The number of hydrogen-bond acceptors (Lipinski definition) is 5. The molecule has 0 spiro atoms. The van der Waals surface area contributed by atoms with Crippen LogP contribution in [-0.4, -0.2) is 28.9 Å². The summed E-state index contributed by atoms with van der Waals surface area (Å²) in [5.74, 6) is -2.10. The molecular formula is C24H18N2O6. The summed E-state index contributed by atoms with van der Waals surface area (Å²) in [4.78, 5) is 49.8. The van der Waals surface area contributed by atoms with Gasteiger partial charge in [-0.05, 0) is 67.4 Å². The second-order valence-electron chi connectivity index (χ2n) is 7.31. The summed E-state index contributed by atoms with van der Waals surface area (Å²) in [6, 6.07) is 13.6. The second-order valence-corrected chi connectivity index (χ2v) is 7.31. The smallest absolute Gasteiger partial charge is 0.335 e. The molecule has 1 aliphatic rings. The van der Waals surface area contributed by atoms with E-state index in [0.29, 0.717) is 17.0 Å². The summed E-state index contributed by atoms with van der Waals surface area (Å²) in [5, 5.41) is 11.3.